The average molecular weight is 291 g/mol. The van der Waals surface area contributed by atoms with Crippen molar-refractivity contribution in [3.8, 4) is 11.4 Å². The molecule has 3 rings (SSSR count). The molecule has 112 valence electrons. The van der Waals surface area contributed by atoms with E-state index in [4.69, 9.17) is 10.5 Å². The van der Waals surface area contributed by atoms with Crippen LogP contribution in [-0.4, -0.2) is 33.9 Å². The van der Waals surface area contributed by atoms with Crippen LogP contribution in [0.2, 0.25) is 0 Å². The van der Waals surface area contributed by atoms with Crippen molar-refractivity contribution in [2.24, 2.45) is 5.41 Å². The fourth-order valence-corrected chi connectivity index (χ4v) is 2.52. The van der Waals surface area contributed by atoms with Crippen LogP contribution in [0.4, 0.5) is 10.1 Å². The lowest BCUT2D eigenvalue weighted by Gasteiger charge is -2.15. The number of methoxy groups -OCH3 is 1. The largest absolute Gasteiger partial charge is 0.399 e. The van der Waals surface area contributed by atoms with Gasteiger partial charge in [0.2, 0.25) is 0 Å². The summed E-state index contributed by atoms with van der Waals surface area (Å²) in [5.41, 5.74) is 6.73. The van der Waals surface area contributed by atoms with E-state index in [-0.39, 0.29) is 11.2 Å². The number of rotatable bonds is 6. The number of hydrogen-bond donors (Lipinski definition) is 1. The van der Waals surface area contributed by atoms with Gasteiger partial charge in [0.05, 0.1) is 12.1 Å². The molecule has 1 heterocycles. The molecular formula is C14H18FN5O. The van der Waals surface area contributed by atoms with Crippen LogP contribution in [0.3, 0.4) is 0 Å². The highest BCUT2D eigenvalue weighted by atomic mass is 19.1. The van der Waals surface area contributed by atoms with Crippen LogP contribution >= 0.6 is 0 Å². The van der Waals surface area contributed by atoms with E-state index < -0.39 is 0 Å². The van der Waals surface area contributed by atoms with E-state index in [9.17, 15) is 4.39 Å². The highest BCUT2D eigenvalue weighted by Crippen LogP contribution is 2.50. The SMILES string of the molecule is COCCC1(Cn2nnnc2-c2cc(N)ccc2F)CC1. The monoisotopic (exact) mass is 291 g/mol. The third-order valence-corrected chi connectivity index (χ3v) is 4.04. The zero-order valence-electron chi connectivity index (χ0n) is 11.9. The number of hydrogen-bond acceptors (Lipinski definition) is 5. The molecule has 0 unspecified atom stereocenters. The molecule has 0 saturated heterocycles. The van der Waals surface area contributed by atoms with Crippen molar-refractivity contribution in [3.05, 3.63) is 24.0 Å². The van der Waals surface area contributed by atoms with E-state index in [2.05, 4.69) is 15.5 Å². The van der Waals surface area contributed by atoms with Gasteiger partial charge in [-0.1, -0.05) is 0 Å². The van der Waals surface area contributed by atoms with Gasteiger partial charge in [-0.25, -0.2) is 9.07 Å². The molecule has 1 aliphatic rings. The molecule has 7 heteroatoms. The van der Waals surface area contributed by atoms with Gasteiger partial charge in [0, 0.05) is 19.4 Å². The third kappa shape index (κ3) is 2.87. The van der Waals surface area contributed by atoms with E-state index in [0.717, 1.165) is 19.3 Å². The molecular weight excluding hydrogens is 273 g/mol. The van der Waals surface area contributed by atoms with Crippen molar-refractivity contribution in [3.63, 3.8) is 0 Å². The Morgan fingerprint density at radius 3 is 2.95 bits per heavy atom. The van der Waals surface area contributed by atoms with Crippen molar-refractivity contribution in [1.29, 1.82) is 0 Å². The van der Waals surface area contributed by atoms with E-state index in [0.29, 0.717) is 30.2 Å². The van der Waals surface area contributed by atoms with Crippen molar-refractivity contribution in [2.45, 2.75) is 25.8 Å². The number of benzene rings is 1. The van der Waals surface area contributed by atoms with Crippen LogP contribution in [0.15, 0.2) is 18.2 Å². The average Bonchev–Trinajstić information content (AvgIpc) is 3.08. The highest BCUT2D eigenvalue weighted by Gasteiger charge is 2.43. The molecule has 2 aromatic rings. The number of anilines is 1. The summed E-state index contributed by atoms with van der Waals surface area (Å²) in [6, 6.07) is 4.42. The topological polar surface area (TPSA) is 78.8 Å². The molecule has 0 amide bonds. The number of nitrogens with zero attached hydrogens (tertiary/aromatic N) is 4. The second-order valence-corrected chi connectivity index (χ2v) is 5.64. The molecule has 0 radical (unpaired) electrons. The maximum absolute atomic E-state index is 14.0. The lowest BCUT2D eigenvalue weighted by atomic mass is 10.0. The molecule has 6 nitrogen and oxygen atoms in total. The van der Waals surface area contributed by atoms with Crippen molar-refractivity contribution >= 4 is 5.69 Å². The first kappa shape index (κ1) is 13.9. The minimum atomic E-state index is -0.373. The quantitative estimate of drug-likeness (QED) is 0.822. The first-order chi connectivity index (χ1) is 10.1. The van der Waals surface area contributed by atoms with Crippen LogP contribution in [0.5, 0.6) is 0 Å². The number of tetrazole rings is 1. The van der Waals surface area contributed by atoms with E-state index in [1.807, 2.05) is 0 Å². The molecule has 0 bridgehead atoms. The Balaban J connectivity index is 1.86. The van der Waals surface area contributed by atoms with Crippen LogP contribution in [0, 0.1) is 11.2 Å². The third-order valence-electron chi connectivity index (χ3n) is 4.04. The molecule has 0 spiro atoms. The van der Waals surface area contributed by atoms with E-state index in [1.54, 1.807) is 17.9 Å². The van der Waals surface area contributed by atoms with Gasteiger partial charge >= 0.3 is 0 Å². The smallest absolute Gasteiger partial charge is 0.185 e. The molecule has 1 aromatic heterocycles. The molecule has 1 aliphatic carbocycles. The lowest BCUT2D eigenvalue weighted by molar-refractivity contribution is 0.165. The maximum Gasteiger partial charge on any atom is 0.185 e. The van der Waals surface area contributed by atoms with E-state index >= 15 is 0 Å². The summed E-state index contributed by atoms with van der Waals surface area (Å²) in [7, 11) is 1.70. The summed E-state index contributed by atoms with van der Waals surface area (Å²) in [5.74, 6) is 0.0467. The van der Waals surface area contributed by atoms with Crippen LogP contribution in [0.25, 0.3) is 11.4 Å². The zero-order valence-corrected chi connectivity index (χ0v) is 11.9. The van der Waals surface area contributed by atoms with Crippen LogP contribution in [-0.2, 0) is 11.3 Å². The molecule has 1 saturated carbocycles. The van der Waals surface area contributed by atoms with Crippen molar-refractivity contribution in [1.82, 2.24) is 20.2 Å². The van der Waals surface area contributed by atoms with Gasteiger partial charge in [0.15, 0.2) is 5.82 Å². The fourth-order valence-electron chi connectivity index (χ4n) is 2.52. The number of nitrogen functional groups attached to an aromatic ring is 1. The first-order valence-corrected chi connectivity index (χ1v) is 6.94. The van der Waals surface area contributed by atoms with Crippen LogP contribution < -0.4 is 5.73 Å². The van der Waals surface area contributed by atoms with Crippen LogP contribution in [0.1, 0.15) is 19.3 Å². The summed E-state index contributed by atoms with van der Waals surface area (Å²) >= 11 is 0. The molecule has 21 heavy (non-hydrogen) atoms. The number of ether oxygens (including phenoxy) is 1. The molecule has 1 aromatic carbocycles. The van der Waals surface area contributed by atoms with Crippen molar-refractivity contribution in [2.75, 3.05) is 19.5 Å². The van der Waals surface area contributed by atoms with Gasteiger partial charge in [-0.3, -0.25) is 0 Å². The normalized spacial score (nSPS) is 16.1. The molecule has 0 atom stereocenters. The van der Waals surface area contributed by atoms with Gasteiger partial charge in [0.1, 0.15) is 5.82 Å². The molecule has 0 aliphatic heterocycles. The second kappa shape index (κ2) is 5.40. The van der Waals surface area contributed by atoms with Gasteiger partial charge in [-0.05, 0) is 53.3 Å². The summed E-state index contributed by atoms with van der Waals surface area (Å²) in [4.78, 5) is 0. The Morgan fingerprint density at radius 2 is 2.24 bits per heavy atom. The van der Waals surface area contributed by atoms with Crippen molar-refractivity contribution < 1.29 is 9.13 Å². The minimum Gasteiger partial charge on any atom is -0.399 e. The Hall–Kier alpha value is -2.02. The highest BCUT2D eigenvalue weighted by molar-refractivity contribution is 5.61. The fraction of sp³-hybridized carbons (Fsp3) is 0.500. The Morgan fingerprint density at radius 1 is 1.43 bits per heavy atom. The lowest BCUT2D eigenvalue weighted by Crippen LogP contribution is -2.16. The number of aromatic nitrogens is 4. The second-order valence-electron chi connectivity index (χ2n) is 5.64. The minimum absolute atomic E-state index is 0.178. The van der Waals surface area contributed by atoms with Gasteiger partial charge in [0.25, 0.3) is 0 Å². The number of nitrogens with two attached hydrogens (primary N) is 1. The van der Waals surface area contributed by atoms with E-state index in [1.165, 1.54) is 12.1 Å². The zero-order chi connectivity index (χ0) is 14.9. The summed E-state index contributed by atoms with van der Waals surface area (Å²) in [6.45, 7) is 1.39. The number of halogens is 1. The van der Waals surface area contributed by atoms with Gasteiger partial charge < -0.3 is 10.5 Å². The van der Waals surface area contributed by atoms with Gasteiger partial charge in [-0.15, -0.1) is 5.10 Å². The predicted octanol–water partition coefficient (Wildman–Crippen LogP) is 1.88. The van der Waals surface area contributed by atoms with Gasteiger partial charge in [-0.2, -0.15) is 0 Å². The summed E-state index contributed by atoms with van der Waals surface area (Å²) in [6.07, 6.45) is 3.20. The standard InChI is InChI=1S/C14H18FN5O/c1-21-7-6-14(4-5-14)9-20-13(17-18-19-20)11-8-10(16)2-3-12(11)15/h2-3,8H,4-7,9,16H2,1H3. The molecule has 1 fully saturated rings. The summed E-state index contributed by atoms with van der Waals surface area (Å²) < 4.78 is 20.8. The Bertz CT molecular complexity index is 638. The predicted molar refractivity (Wildman–Crippen MR) is 75.8 cm³/mol. The molecule has 2 N–H and O–H groups in total. The maximum atomic E-state index is 14.0. The Labute approximate surface area is 122 Å². The first-order valence-electron chi connectivity index (χ1n) is 6.94. The summed E-state index contributed by atoms with van der Waals surface area (Å²) in [5, 5.41) is 11.6. The Kier molecular flexibility index (Phi) is 3.59.